The lowest BCUT2D eigenvalue weighted by Gasteiger charge is -2.11. The van der Waals surface area contributed by atoms with Crippen molar-refractivity contribution in [2.24, 2.45) is 5.92 Å². The van der Waals surface area contributed by atoms with Gasteiger partial charge in [-0.05, 0) is 54.1 Å². The SMILES string of the molecule is CNc1cc(NC(=O)c2cc(NC(=O)[C@H]3[C@H](c4ccc(Cl)c(Cl)c4)C3(Cl)Cl)ccc2Cl)ccc1F. The molecule has 1 fully saturated rings. The molecular weight excluding hydrogens is 559 g/mol. The van der Waals surface area contributed by atoms with Crippen LogP contribution in [0.2, 0.25) is 15.1 Å². The van der Waals surface area contributed by atoms with E-state index in [2.05, 4.69) is 16.0 Å². The van der Waals surface area contributed by atoms with Crippen molar-refractivity contribution >= 4 is 86.9 Å². The van der Waals surface area contributed by atoms with Gasteiger partial charge in [-0.15, -0.1) is 23.2 Å². The minimum Gasteiger partial charge on any atom is -0.386 e. The van der Waals surface area contributed by atoms with Crippen molar-refractivity contribution < 1.29 is 14.0 Å². The maximum atomic E-state index is 13.7. The topological polar surface area (TPSA) is 70.2 Å². The van der Waals surface area contributed by atoms with E-state index < -0.39 is 33.8 Å². The van der Waals surface area contributed by atoms with Gasteiger partial charge in [-0.25, -0.2) is 4.39 Å². The Labute approximate surface area is 225 Å². The zero-order valence-corrected chi connectivity index (χ0v) is 21.7. The van der Waals surface area contributed by atoms with Gasteiger partial charge in [0.1, 0.15) is 10.2 Å². The number of halogens is 6. The fourth-order valence-electron chi connectivity index (χ4n) is 3.76. The van der Waals surface area contributed by atoms with Gasteiger partial charge in [-0.2, -0.15) is 0 Å². The van der Waals surface area contributed by atoms with Crippen LogP contribution in [0.3, 0.4) is 0 Å². The van der Waals surface area contributed by atoms with Gasteiger partial charge < -0.3 is 16.0 Å². The smallest absolute Gasteiger partial charge is 0.257 e. The van der Waals surface area contributed by atoms with E-state index in [-0.39, 0.29) is 16.3 Å². The second kappa shape index (κ2) is 10.0. The molecule has 4 rings (SSSR count). The van der Waals surface area contributed by atoms with Crippen molar-refractivity contribution in [1.82, 2.24) is 0 Å². The maximum Gasteiger partial charge on any atom is 0.257 e. The molecule has 0 aromatic heterocycles. The minimum absolute atomic E-state index is 0.111. The molecule has 182 valence electrons. The van der Waals surface area contributed by atoms with Gasteiger partial charge in [0.15, 0.2) is 0 Å². The van der Waals surface area contributed by atoms with Gasteiger partial charge in [0.2, 0.25) is 5.91 Å². The van der Waals surface area contributed by atoms with E-state index in [0.29, 0.717) is 27.0 Å². The Morgan fingerprint density at radius 3 is 2.20 bits per heavy atom. The first-order valence-electron chi connectivity index (χ1n) is 10.2. The molecular formula is C24H17Cl5FN3O2. The molecule has 2 amide bonds. The molecule has 11 heteroatoms. The van der Waals surface area contributed by atoms with Gasteiger partial charge in [-0.1, -0.05) is 40.9 Å². The molecule has 3 aromatic carbocycles. The minimum atomic E-state index is -1.33. The van der Waals surface area contributed by atoms with Crippen molar-refractivity contribution in [2.75, 3.05) is 23.0 Å². The Hall–Kier alpha value is -2.22. The third-order valence-electron chi connectivity index (χ3n) is 5.61. The van der Waals surface area contributed by atoms with Crippen molar-refractivity contribution in [2.45, 2.75) is 10.3 Å². The zero-order valence-electron chi connectivity index (χ0n) is 17.9. The number of carbonyl (C=O) groups is 2. The summed E-state index contributed by atoms with van der Waals surface area (Å²) in [6.45, 7) is 0. The Morgan fingerprint density at radius 2 is 1.51 bits per heavy atom. The van der Waals surface area contributed by atoms with Gasteiger partial charge >= 0.3 is 0 Å². The van der Waals surface area contributed by atoms with Crippen molar-refractivity contribution in [3.05, 3.63) is 86.6 Å². The first-order chi connectivity index (χ1) is 16.5. The molecule has 0 bridgehead atoms. The quantitative estimate of drug-likeness (QED) is 0.265. The second-order valence-corrected chi connectivity index (χ2v) is 10.6. The molecule has 0 spiro atoms. The van der Waals surface area contributed by atoms with Gasteiger partial charge in [-0.3, -0.25) is 9.59 Å². The van der Waals surface area contributed by atoms with Crippen LogP contribution in [0.1, 0.15) is 21.8 Å². The lowest BCUT2D eigenvalue weighted by Crippen LogP contribution is -2.18. The van der Waals surface area contributed by atoms with Crippen molar-refractivity contribution in [1.29, 1.82) is 0 Å². The number of hydrogen-bond acceptors (Lipinski definition) is 3. The van der Waals surface area contributed by atoms with Crippen LogP contribution in [0.25, 0.3) is 0 Å². The molecule has 0 radical (unpaired) electrons. The standard InChI is InChI=1S/C24H17Cl5FN3O2/c1-31-19-10-13(4-7-18(19)30)32-22(34)14-9-12(3-6-15(14)25)33-23(35)21-20(24(21,28)29)11-2-5-16(26)17(27)8-11/h2-10,20-21,31H,1H3,(H,32,34)(H,33,35)/t20-,21+/m0/s1. The molecule has 0 saturated heterocycles. The monoisotopic (exact) mass is 573 g/mol. The van der Waals surface area contributed by atoms with Gasteiger partial charge in [0.25, 0.3) is 5.91 Å². The lowest BCUT2D eigenvalue weighted by atomic mass is 10.1. The van der Waals surface area contributed by atoms with Crippen LogP contribution < -0.4 is 16.0 Å². The summed E-state index contributed by atoms with van der Waals surface area (Å²) in [5, 5.41) is 8.96. The summed E-state index contributed by atoms with van der Waals surface area (Å²) in [6, 6.07) is 13.5. The Bertz CT molecular complexity index is 1330. The normalized spacial score (nSPS) is 18.0. The highest BCUT2D eigenvalue weighted by Gasteiger charge is 2.67. The van der Waals surface area contributed by atoms with Crippen molar-refractivity contribution in [3.8, 4) is 0 Å². The van der Waals surface area contributed by atoms with Gasteiger partial charge in [0, 0.05) is 24.3 Å². The summed E-state index contributed by atoms with van der Waals surface area (Å²) in [4.78, 5) is 25.8. The Kier molecular flexibility index (Phi) is 7.41. The predicted octanol–water partition coefficient (Wildman–Crippen LogP) is 7.61. The molecule has 5 nitrogen and oxygen atoms in total. The highest BCUT2D eigenvalue weighted by atomic mass is 35.5. The van der Waals surface area contributed by atoms with E-state index in [4.69, 9.17) is 58.0 Å². The molecule has 1 saturated carbocycles. The fourth-order valence-corrected chi connectivity index (χ4v) is 5.10. The zero-order chi connectivity index (χ0) is 25.5. The first-order valence-corrected chi connectivity index (χ1v) is 12.1. The average Bonchev–Trinajstić information content (AvgIpc) is 3.40. The molecule has 1 aliphatic carbocycles. The number of carbonyl (C=O) groups excluding carboxylic acids is 2. The van der Waals surface area contributed by atoms with Crippen LogP contribution >= 0.6 is 58.0 Å². The number of anilines is 3. The maximum absolute atomic E-state index is 13.7. The molecule has 3 N–H and O–H groups in total. The highest BCUT2D eigenvalue weighted by molar-refractivity contribution is 6.53. The van der Waals surface area contributed by atoms with Crippen LogP contribution in [0, 0.1) is 11.7 Å². The molecule has 0 heterocycles. The highest BCUT2D eigenvalue weighted by Crippen LogP contribution is 2.65. The van der Waals surface area contributed by atoms with E-state index in [1.165, 1.54) is 30.3 Å². The van der Waals surface area contributed by atoms with Crippen LogP contribution in [0.4, 0.5) is 21.5 Å². The lowest BCUT2D eigenvalue weighted by molar-refractivity contribution is -0.117. The number of rotatable bonds is 6. The fraction of sp³-hybridized carbons (Fsp3) is 0.167. The van der Waals surface area contributed by atoms with E-state index in [9.17, 15) is 14.0 Å². The second-order valence-electron chi connectivity index (χ2n) is 7.89. The number of alkyl halides is 2. The van der Waals surface area contributed by atoms with E-state index >= 15 is 0 Å². The molecule has 3 aromatic rings. The van der Waals surface area contributed by atoms with E-state index in [1.54, 1.807) is 31.3 Å². The molecule has 2 atom stereocenters. The largest absolute Gasteiger partial charge is 0.386 e. The third kappa shape index (κ3) is 5.32. The van der Waals surface area contributed by atoms with Crippen LogP contribution in [-0.2, 0) is 4.79 Å². The summed E-state index contributed by atoms with van der Waals surface area (Å²) in [5.74, 6) is -2.67. The van der Waals surface area contributed by atoms with E-state index in [1.807, 2.05) is 0 Å². The first kappa shape index (κ1) is 25.9. The summed E-state index contributed by atoms with van der Waals surface area (Å²) in [6.07, 6.45) is 0. The third-order valence-corrected chi connectivity index (χ3v) is 7.62. The number of amides is 2. The Morgan fingerprint density at radius 1 is 0.857 bits per heavy atom. The summed E-state index contributed by atoms with van der Waals surface area (Å²) in [5.41, 5.74) is 1.70. The number of nitrogens with one attached hydrogen (secondary N) is 3. The molecule has 1 aliphatic rings. The van der Waals surface area contributed by atoms with Gasteiger partial charge in [0.05, 0.1) is 32.2 Å². The summed E-state index contributed by atoms with van der Waals surface area (Å²) < 4.78 is 12.4. The molecule has 0 unspecified atom stereocenters. The average molecular weight is 576 g/mol. The van der Waals surface area contributed by atoms with Crippen LogP contribution in [0.5, 0.6) is 0 Å². The predicted molar refractivity (Wildman–Crippen MR) is 141 cm³/mol. The van der Waals surface area contributed by atoms with Crippen molar-refractivity contribution in [3.63, 3.8) is 0 Å². The summed E-state index contributed by atoms with van der Waals surface area (Å²) in [7, 11) is 1.56. The number of hydrogen-bond donors (Lipinski definition) is 3. The van der Waals surface area contributed by atoms with Crippen LogP contribution in [-0.4, -0.2) is 23.2 Å². The summed E-state index contributed by atoms with van der Waals surface area (Å²) >= 11 is 31.1. The molecule has 35 heavy (non-hydrogen) atoms. The Balaban J connectivity index is 1.50. The molecule has 0 aliphatic heterocycles. The van der Waals surface area contributed by atoms with Crippen LogP contribution in [0.15, 0.2) is 54.6 Å². The van der Waals surface area contributed by atoms with E-state index in [0.717, 1.165) is 0 Å². The number of benzene rings is 3.